The van der Waals surface area contributed by atoms with Gasteiger partial charge in [-0.05, 0) is 17.4 Å². The van der Waals surface area contributed by atoms with Gasteiger partial charge in [0.05, 0.1) is 5.41 Å². The minimum Gasteiger partial charge on any atom is -0.302 e. The van der Waals surface area contributed by atoms with E-state index < -0.39 is 0 Å². The molecule has 82 valence electrons. The van der Waals surface area contributed by atoms with Crippen LogP contribution in [0.1, 0.15) is 39.7 Å². The molecule has 0 bridgehead atoms. The van der Waals surface area contributed by atoms with Crippen LogP contribution >= 0.6 is 0 Å². The zero-order valence-electron chi connectivity index (χ0n) is 10.1. The van der Waals surface area contributed by atoms with E-state index in [1.165, 1.54) is 0 Å². The SMILES string of the molecule is CCC(C=O)(c1ccccc1)C(C)(C)C. The Balaban J connectivity index is 3.30. The number of hydrogen-bond donors (Lipinski definition) is 0. The van der Waals surface area contributed by atoms with E-state index in [0.29, 0.717) is 0 Å². The number of aldehydes is 1. The van der Waals surface area contributed by atoms with Gasteiger partial charge < -0.3 is 4.79 Å². The van der Waals surface area contributed by atoms with Gasteiger partial charge in [-0.3, -0.25) is 0 Å². The van der Waals surface area contributed by atoms with Crippen molar-refractivity contribution in [1.29, 1.82) is 0 Å². The number of carbonyl (C=O) groups excluding carboxylic acids is 1. The third kappa shape index (κ3) is 1.97. The molecule has 1 atom stereocenters. The summed E-state index contributed by atoms with van der Waals surface area (Å²) in [5.74, 6) is 0. The smallest absolute Gasteiger partial charge is 0.131 e. The first-order chi connectivity index (χ1) is 6.98. The van der Waals surface area contributed by atoms with Gasteiger partial charge in [-0.25, -0.2) is 0 Å². The number of rotatable bonds is 3. The fourth-order valence-electron chi connectivity index (χ4n) is 2.23. The summed E-state index contributed by atoms with van der Waals surface area (Å²) in [4.78, 5) is 11.5. The second-order valence-corrected chi connectivity index (χ2v) is 5.06. The molecular formula is C14H20O. The van der Waals surface area contributed by atoms with E-state index in [2.05, 4.69) is 27.7 Å². The summed E-state index contributed by atoms with van der Waals surface area (Å²) in [5.41, 5.74) is 0.703. The third-order valence-corrected chi connectivity index (χ3v) is 3.39. The second-order valence-electron chi connectivity index (χ2n) is 5.06. The Hall–Kier alpha value is -1.11. The summed E-state index contributed by atoms with van der Waals surface area (Å²) in [6.07, 6.45) is 1.95. The molecule has 0 radical (unpaired) electrons. The molecule has 0 saturated heterocycles. The van der Waals surface area contributed by atoms with Crippen molar-refractivity contribution in [2.45, 2.75) is 39.5 Å². The lowest BCUT2D eigenvalue weighted by molar-refractivity contribution is -0.116. The maximum Gasteiger partial charge on any atom is 0.131 e. The van der Waals surface area contributed by atoms with Crippen LogP contribution in [0.5, 0.6) is 0 Å². The lowest BCUT2D eigenvalue weighted by Crippen LogP contribution is -2.41. The third-order valence-electron chi connectivity index (χ3n) is 3.39. The Morgan fingerprint density at radius 1 is 1.13 bits per heavy atom. The topological polar surface area (TPSA) is 17.1 Å². The van der Waals surface area contributed by atoms with Crippen molar-refractivity contribution in [1.82, 2.24) is 0 Å². The maximum absolute atomic E-state index is 11.5. The predicted molar refractivity (Wildman–Crippen MR) is 63.9 cm³/mol. The number of hydrogen-bond acceptors (Lipinski definition) is 1. The summed E-state index contributed by atoms with van der Waals surface area (Å²) >= 11 is 0. The molecule has 0 aliphatic carbocycles. The van der Waals surface area contributed by atoms with E-state index >= 15 is 0 Å². The highest BCUT2D eigenvalue weighted by molar-refractivity contribution is 5.70. The highest BCUT2D eigenvalue weighted by Crippen LogP contribution is 2.42. The average molecular weight is 204 g/mol. The van der Waals surface area contributed by atoms with Gasteiger partial charge in [0.1, 0.15) is 6.29 Å². The van der Waals surface area contributed by atoms with Gasteiger partial charge in [-0.1, -0.05) is 58.0 Å². The first-order valence-electron chi connectivity index (χ1n) is 5.50. The molecular weight excluding hydrogens is 184 g/mol. The molecule has 0 saturated carbocycles. The lowest BCUT2D eigenvalue weighted by Gasteiger charge is -2.40. The minimum atomic E-state index is -0.367. The number of carbonyl (C=O) groups is 1. The first kappa shape index (κ1) is 12.0. The fraction of sp³-hybridized carbons (Fsp3) is 0.500. The van der Waals surface area contributed by atoms with Crippen LogP contribution in [0.15, 0.2) is 30.3 Å². The van der Waals surface area contributed by atoms with Crippen LogP contribution in [0.4, 0.5) is 0 Å². The largest absolute Gasteiger partial charge is 0.302 e. The van der Waals surface area contributed by atoms with Crippen molar-refractivity contribution < 1.29 is 4.79 Å². The van der Waals surface area contributed by atoms with E-state index in [0.717, 1.165) is 18.3 Å². The van der Waals surface area contributed by atoms with E-state index in [4.69, 9.17) is 0 Å². The van der Waals surface area contributed by atoms with Crippen molar-refractivity contribution in [2.75, 3.05) is 0 Å². The minimum absolute atomic E-state index is 0.0507. The van der Waals surface area contributed by atoms with Crippen LogP contribution in [0, 0.1) is 5.41 Å². The molecule has 1 unspecified atom stereocenters. The van der Waals surface area contributed by atoms with Gasteiger partial charge in [-0.2, -0.15) is 0 Å². The molecule has 0 fully saturated rings. The van der Waals surface area contributed by atoms with Crippen molar-refractivity contribution in [3.63, 3.8) is 0 Å². The highest BCUT2D eigenvalue weighted by atomic mass is 16.1. The van der Waals surface area contributed by atoms with Crippen LogP contribution in [-0.2, 0) is 10.2 Å². The summed E-state index contributed by atoms with van der Waals surface area (Å²) < 4.78 is 0. The van der Waals surface area contributed by atoms with E-state index in [1.807, 2.05) is 30.3 Å². The standard InChI is InChI=1S/C14H20O/c1-5-14(11-15,13(2,3)4)12-9-7-6-8-10-12/h6-11H,5H2,1-4H3. The van der Waals surface area contributed by atoms with Crippen LogP contribution < -0.4 is 0 Å². The monoisotopic (exact) mass is 204 g/mol. The molecule has 1 nitrogen and oxygen atoms in total. The molecule has 1 rings (SSSR count). The molecule has 15 heavy (non-hydrogen) atoms. The predicted octanol–water partition coefficient (Wildman–Crippen LogP) is 3.58. The fourth-order valence-corrected chi connectivity index (χ4v) is 2.23. The van der Waals surface area contributed by atoms with Crippen molar-refractivity contribution in [3.8, 4) is 0 Å². The van der Waals surface area contributed by atoms with Gasteiger partial charge in [0.2, 0.25) is 0 Å². The highest BCUT2D eigenvalue weighted by Gasteiger charge is 2.41. The second kappa shape index (κ2) is 4.18. The van der Waals surface area contributed by atoms with Crippen molar-refractivity contribution in [2.24, 2.45) is 5.41 Å². The molecule has 0 heterocycles. The van der Waals surface area contributed by atoms with E-state index in [-0.39, 0.29) is 10.8 Å². The Labute approximate surface area is 92.5 Å². The Kier molecular flexibility index (Phi) is 3.33. The molecule has 0 aliphatic heterocycles. The average Bonchev–Trinajstić information content (AvgIpc) is 2.20. The first-order valence-corrected chi connectivity index (χ1v) is 5.50. The molecule has 1 aromatic rings. The van der Waals surface area contributed by atoms with Gasteiger partial charge in [-0.15, -0.1) is 0 Å². The van der Waals surface area contributed by atoms with Gasteiger partial charge in [0.15, 0.2) is 0 Å². The van der Waals surface area contributed by atoms with Crippen LogP contribution in [0.2, 0.25) is 0 Å². The zero-order valence-corrected chi connectivity index (χ0v) is 10.1. The van der Waals surface area contributed by atoms with Crippen molar-refractivity contribution >= 4 is 6.29 Å². The summed E-state index contributed by atoms with van der Waals surface area (Å²) in [7, 11) is 0. The van der Waals surface area contributed by atoms with Crippen LogP contribution in [0.3, 0.4) is 0 Å². The van der Waals surface area contributed by atoms with Crippen LogP contribution in [-0.4, -0.2) is 6.29 Å². The Bertz CT molecular complexity index is 321. The van der Waals surface area contributed by atoms with Gasteiger partial charge >= 0.3 is 0 Å². The molecule has 0 aliphatic rings. The van der Waals surface area contributed by atoms with Gasteiger partial charge in [0.25, 0.3) is 0 Å². The van der Waals surface area contributed by atoms with Gasteiger partial charge in [0, 0.05) is 0 Å². The normalized spacial score (nSPS) is 15.7. The molecule has 0 amide bonds. The quantitative estimate of drug-likeness (QED) is 0.688. The van der Waals surface area contributed by atoms with E-state index in [1.54, 1.807) is 0 Å². The maximum atomic E-state index is 11.5. The molecule has 0 N–H and O–H groups in total. The lowest BCUT2D eigenvalue weighted by atomic mass is 9.62. The summed E-state index contributed by atoms with van der Waals surface area (Å²) in [6.45, 7) is 8.44. The molecule has 1 aromatic carbocycles. The summed E-state index contributed by atoms with van der Waals surface area (Å²) in [6, 6.07) is 10.1. The Morgan fingerprint density at radius 2 is 1.67 bits per heavy atom. The molecule has 0 spiro atoms. The molecule has 1 heteroatoms. The summed E-state index contributed by atoms with van der Waals surface area (Å²) in [5, 5.41) is 0. The number of benzene rings is 1. The van der Waals surface area contributed by atoms with Crippen LogP contribution in [0.25, 0.3) is 0 Å². The van der Waals surface area contributed by atoms with E-state index in [9.17, 15) is 4.79 Å². The van der Waals surface area contributed by atoms with Crippen molar-refractivity contribution in [3.05, 3.63) is 35.9 Å². The molecule has 0 aromatic heterocycles. The zero-order chi connectivity index (χ0) is 11.5. The Morgan fingerprint density at radius 3 is 2.00 bits per heavy atom.